The van der Waals surface area contributed by atoms with Gasteiger partial charge in [-0.05, 0) is 42.0 Å². The molecule has 8 heteroatoms. The summed E-state index contributed by atoms with van der Waals surface area (Å²) in [5.74, 6) is -0.568. The average Bonchev–Trinajstić information content (AvgIpc) is 2.88. The molecule has 5 rings (SSSR count). The van der Waals surface area contributed by atoms with Crippen LogP contribution in [0.1, 0.15) is 15.9 Å². The third kappa shape index (κ3) is 4.74. The molecule has 2 heterocycles. The summed E-state index contributed by atoms with van der Waals surface area (Å²) < 4.78 is 40.3. The van der Waals surface area contributed by atoms with Gasteiger partial charge in [-0.15, -0.1) is 0 Å². The van der Waals surface area contributed by atoms with Gasteiger partial charge in [-0.2, -0.15) is 0 Å². The lowest BCUT2D eigenvalue weighted by Gasteiger charge is -2.36. The summed E-state index contributed by atoms with van der Waals surface area (Å²) in [6.07, 6.45) is 1.58. The molecule has 1 aromatic heterocycles. The molecule has 0 N–H and O–H groups in total. The zero-order valence-electron chi connectivity index (χ0n) is 19.0. The number of pyridine rings is 1. The average molecular weight is 490 g/mol. The lowest BCUT2D eigenvalue weighted by molar-refractivity contribution is 0.0746. The van der Waals surface area contributed by atoms with Gasteiger partial charge in [0, 0.05) is 43.3 Å². The van der Waals surface area contributed by atoms with Crippen molar-refractivity contribution >= 4 is 32.3 Å². The topological polar surface area (TPSA) is 70.6 Å². The van der Waals surface area contributed by atoms with E-state index < -0.39 is 9.84 Å². The highest BCUT2D eigenvalue weighted by molar-refractivity contribution is 7.90. The summed E-state index contributed by atoms with van der Waals surface area (Å²) in [5.41, 5.74) is 2.10. The zero-order valence-corrected chi connectivity index (χ0v) is 19.8. The molecule has 0 bridgehead atoms. The van der Waals surface area contributed by atoms with E-state index in [1.54, 1.807) is 71.8 Å². The molecule has 0 aliphatic carbocycles. The Kier molecular flexibility index (Phi) is 6.21. The molecule has 6 nitrogen and oxygen atoms in total. The maximum Gasteiger partial charge on any atom is 0.253 e. The molecule has 0 atom stereocenters. The highest BCUT2D eigenvalue weighted by atomic mass is 32.2. The second kappa shape index (κ2) is 9.46. The van der Waals surface area contributed by atoms with Crippen molar-refractivity contribution in [2.75, 3.05) is 31.1 Å². The Morgan fingerprint density at radius 2 is 1.57 bits per heavy atom. The van der Waals surface area contributed by atoms with E-state index in [-0.39, 0.29) is 22.4 Å². The first-order chi connectivity index (χ1) is 16.9. The Morgan fingerprint density at radius 1 is 0.857 bits per heavy atom. The van der Waals surface area contributed by atoms with E-state index in [4.69, 9.17) is 0 Å². The molecule has 1 fully saturated rings. The molecule has 1 saturated heterocycles. The minimum absolute atomic E-state index is 0.120. The van der Waals surface area contributed by atoms with E-state index in [1.165, 1.54) is 6.07 Å². The van der Waals surface area contributed by atoms with Gasteiger partial charge in [0.1, 0.15) is 5.82 Å². The lowest BCUT2D eigenvalue weighted by atomic mass is 10.1. The maximum absolute atomic E-state index is 14.1. The van der Waals surface area contributed by atoms with E-state index in [9.17, 15) is 17.6 Å². The van der Waals surface area contributed by atoms with Gasteiger partial charge in [0.2, 0.25) is 0 Å². The number of carbonyl (C=O) groups is 1. The number of halogens is 1. The number of amides is 1. The normalized spacial score (nSPS) is 14.3. The first kappa shape index (κ1) is 23.0. The molecule has 35 heavy (non-hydrogen) atoms. The van der Waals surface area contributed by atoms with Crippen LogP contribution >= 0.6 is 0 Å². The Bertz CT molecular complexity index is 1480. The molecule has 0 saturated carbocycles. The number of nitrogens with zero attached hydrogens (tertiary/aromatic N) is 3. The third-order valence-electron chi connectivity index (χ3n) is 6.25. The Hall–Kier alpha value is -3.78. The smallest absolute Gasteiger partial charge is 0.253 e. The number of sulfone groups is 1. The van der Waals surface area contributed by atoms with Crippen LogP contribution in [0.3, 0.4) is 0 Å². The fourth-order valence-electron chi connectivity index (χ4n) is 4.41. The minimum atomic E-state index is -3.62. The predicted molar refractivity (Wildman–Crippen MR) is 134 cm³/mol. The van der Waals surface area contributed by atoms with Crippen molar-refractivity contribution in [3.63, 3.8) is 0 Å². The molecule has 1 amide bonds. The summed E-state index contributed by atoms with van der Waals surface area (Å²) in [6, 6.07) is 22.0. The van der Waals surface area contributed by atoms with Gasteiger partial charge in [0.05, 0.1) is 21.9 Å². The number of para-hydroxylation sites is 2. The fraction of sp³-hybridized carbons (Fsp3) is 0.185. The molecule has 1 aliphatic heterocycles. The summed E-state index contributed by atoms with van der Waals surface area (Å²) >= 11 is 0. The number of hydrogen-bond acceptors (Lipinski definition) is 5. The summed E-state index contributed by atoms with van der Waals surface area (Å²) in [6.45, 7) is 2.05. The molecule has 3 aromatic carbocycles. The van der Waals surface area contributed by atoms with E-state index in [0.29, 0.717) is 48.5 Å². The van der Waals surface area contributed by atoms with Crippen LogP contribution in [0.5, 0.6) is 0 Å². The largest absolute Gasteiger partial charge is 0.366 e. The fourth-order valence-corrected chi connectivity index (χ4v) is 5.95. The molecule has 0 radical (unpaired) electrons. The van der Waals surface area contributed by atoms with Crippen LogP contribution in [0, 0.1) is 5.82 Å². The molecule has 4 aromatic rings. The molecule has 0 spiro atoms. The van der Waals surface area contributed by atoms with Crippen molar-refractivity contribution in [1.29, 1.82) is 0 Å². The molecular formula is C27H24FN3O3S. The Balaban J connectivity index is 1.26. The van der Waals surface area contributed by atoms with Gasteiger partial charge in [-0.1, -0.05) is 42.5 Å². The zero-order chi connectivity index (χ0) is 24.4. The van der Waals surface area contributed by atoms with Crippen LogP contribution in [0.25, 0.3) is 10.9 Å². The van der Waals surface area contributed by atoms with Crippen LogP contribution in [0.4, 0.5) is 10.1 Å². The number of anilines is 1. The number of rotatable bonds is 5. The monoisotopic (exact) mass is 489 g/mol. The van der Waals surface area contributed by atoms with Gasteiger partial charge < -0.3 is 9.80 Å². The standard InChI is InChI=1S/C27H24FN3O3S/c28-23-7-1-2-8-24(23)30-15-17-31(18-16-30)27(32)22-12-10-20(11-13-22)19-35(33,34)25-9-3-5-21-6-4-14-29-26(21)25/h1-14H,15-19H2. The first-order valence-corrected chi connectivity index (χ1v) is 13.0. The number of aromatic nitrogens is 1. The molecular weight excluding hydrogens is 465 g/mol. The van der Waals surface area contributed by atoms with Crippen LogP contribution in [-0.4, -0.2) is 50.4 Å². The van der Waals surface area contributed by atoms with Crippen molar-refractivity contribution in [3.8, 4) is 0 Å². The highest BCUT2D eigenvalue weighted by Crippen LogP contribution is 2.25. The van der Waals surface area contributed by atoms with Gasteiger partial charge in [0.25, 0.3) is 5.91 Å². The number of hydrogen-bond donors (Lipinski definition) is 0. The number of fused-ring (bicyclic) bond motifs is 1. The number of benzene rings is 3. The lowest BCUT2D eigenvalue weighted by Crippen LogP contribution is -2.49. The van der Waals surface area contributed by atoms with E-state index in [1.807, 2.05) is 17.0 Å². The summed E-state index contributed by atoms with van der Waals surface area (Å²) in [4.78, 5) is 21.1. The maximum atomic E-state index is 14.1. The second-order valence-electron chi connectivity index (χ2n) is 8.52. The summed E-state index contributed by atoms with van der Waals surface area (Å²) in [7, 11) is -3.62. The van der Waals surface area contributed by atoms with Gasteiger partial charge in [0.15, 0.2) is 9.84 Å². The minimum Gasteiger partial charge on any atom is -0.366 e. The summed E-state index contributed by atoms with van der Waals surface area (Å²) in [5, 5.41) is 0.768. The van der Waals surface area contributed by atoms with Crippen molar-refractivity contribution < 1.29 is 17.6 Å². The van der Waals surface area contributed by atoms with Crippen LogP contribution in [-0.2, 0) is 15.6 Å². The van der Waals surface area contributed by atoms with Crippen molar-refractivity contribution in [1.82, 2.24) is 9.88 Å². The van der Waals surface area contributed by atoms with Gasteiger partial charge >= 0.3 is 0 Å². The van der Waals surface area contributed by atoms with Crippen molar-refractivity contribution in [3.05, 3.63) is 102 Å². The predicted octanol–water partition coefficient (Wildman–Crippen LogP) is 4.31. The number of carbonyl (C=O) groups excluding carboxylic acids is 1. The van der Waals surface area contributed by atoms with E-state index >= 15 is 0 Å². The van der Waals surface area contributed by atoms with E-state index in [2.05, 4.69) is 4.98 Å². The van der Waals surface area contributed by atoms with Crippen molar-refractivity contribution in [2.45, 2.75) is 10.6 Å². The Labute approximate surface area is 203 Å². The quantitative estimate of drug-likeness (QED) is 0.418. The van der Waals surface area contributed by atoms with Crippen LogP contribution < -0.4 is 4.90 Å². The van der Waals surface area contributed by atoms with Crippen molar-refractivity contribution in [2.24, 2.45) is 0 Å². The van der Waals surface area contributed by atoms with Gasteiger partial charge in [-0.3, -0.25) is 9.78 Å². The third-order valence-corrected chi connectivity index (χ3v) is 7.96. The first-order valence-electron chi connectivity index (χ1n) is 11.4. The highest BCUT2D eigenvalue weighted by Gasteiger charge is 2.24. The van der Waals surface area contributed by atoms with Crippen LogP contribution in [0.2, 0.25) is 0 Å². The molecule has 178 valence electrons. The molecule has 1 aliphatic rings. The number of piperazine rings is 1. The Morgan fingerprint density at radius 3 is 2.31 bits per heavy atom. The van der Waals surface area contributed by atoms with Crippen LogP contribution in [0.15, 0.2) is 90.0 Å². The van der Waals surface area contributed by atoms with E-state index in [0.717, 1.165) is 5.39 Å². The molecule has 0 unspecified atom stereocenters. The second-order valence-corrected chi connectivity index (χ2v) is 10.5. The van der Waals surface area contributed by atoms with Gasteiger partial charge in [-0.25, -0.2) is 12.8 Å². The SMILES string of the molecule is O=C(c1ccc(CS(=O)(=O)c2cccc3cccnc23)cc1)N1CCN(c2ccccc2F)CC1.